The fourth-order valence-corrected chi connectivity index (χ4v) is 3.15. The maximum Gasteiger partial charge on any atom is 0.230 e. The summed E-state index contributed by atoms with van der Waals surface area (Å²) in [6, 6.07) is 3.90. The van der Waals surface area contributed by atoms with Gasteiger partial charge in [-0.05, 0) is 36.5 Å². The number of anilines is 1. The van der Waals surface area contributed by atoms with Crippen LogP contribution in [0.5, 0.6) is 0 Å². The van der Waals surface area contributed by atoms with Crippen LogP contribution in [0.15, 0.2) is 29.0 Å². The Morgan fingerprint density at radius 2 is 1.90 bits per heavy atom. The van der Waals surface area contributed by atoms with Crippen molar-refractivity contribution in [3.05, 3.63) is 30.2 Å². The SMILES string of the molecule is Nc1onc(CCC2CCCCC2)c1-c1ccncc1. The minimum Gasteiger partial charge on any atom is -0.367 e. The third-order valence-electron chi connectivity index (χ3n) is 4.27. The number of rotatable bonds is 4. The van der Waals surface area contributed by atoms with Crippen molar-refractivity contribution in [2.75, 3.05) is 5.73 Å². The van der Waals surface area contributed by atoms with Crippen LogP contribution >= 0.6 is 0 Å². The highest BCUT2D eigenvalue weighted by Crippen LogP contribution is 2.32. The fourth-order valence-electron chi connectivity index (χ4n) is 3.15. The van der Waals surface area contributed by atoms with Crippen LogP contribution in [-0.4, -0.2) is 10.1 Å². The van der Waals surface area contributed by atoms with Gasteiger partial charge in [0.25, 0.3) is 0 Å². The first kappa shape index (κ1) is 13.2. The Labute approximate surface area is 119 Å². The summed E-state index contributed by atoms with van der Waals surface area (Å²) in [5.41, 5.74) is 8.90. The molecule has 20 heavy (non-hydrogen) atoms. The molecule has 106 valence electrons. The van der Waals surface area contributed by atoms with Crippen LogP contribution in [-0.2, 0) is 6.42 Å². The van der Waals surface area contributed by atoms with E-state index >= 15 is 0 Å². The van der Waals surface area contributed by atoms with E-state index in [2.05, 4.69) is 10.1 Å². The molecule has 0 unspecified atom stereocenters. The molecule has 1 aliphatic carbocycles. The number of hydrogen-bond acceptors (Lipinski definition) is 4. The van der Waals surface area contributed by atoms with Crippen molar-refractivity contribution in [3.63, 3.8) is 0 Å². The number of nitrogen functional groups attached to an aromatic ring is 1. The first-order chi connectivity index (χ1) is 9.84. The molecule has 0 saturated heterocycles. The van der Waals surface area contributed by atoms with Crippen molar-refractivity contribution >= 4 is 5.88 Å². The zero-order chi connectivity index (χ0) is 13.8. The van der Waals surface area contributed by atoms with Gasteiger partial charge in [-0.15, -0.1) is 0 Å². The van der Waals surface area contributed by atoms with Crippen LogP contribution in [0.4, 0.5) is 5.88 Å². The molecule has 2 N–H and O–H groups in total. The number of pyridine rings is 1. The molecule has 0 atom stereocenters. The summed E-state index contributed by atoms with van der Waals surface area (Å²) < 4.78 is 5.20. The third-order valence-corrected chi connectivity index (χ3v) is 4.27. The van der Waals surface area contributed by atoms with E-state index in [-0.39, 0.29) is 0 Å². The molecule has 1 fully saturated rings. The Hall–Kier alpha value is -1.84. The Bertz CT molecular complexity index is 544. The van der Waals surface area contributed by atoms with Gasteiger partial charge in [0.2, 0.25) is 5.88 Å². The summed E-state index contributed by atoms with van der Waals surface area (Å²) in [6.07, 6.45) is 12.5. The van der Waals surface area contributed by atoms with Crippen LogP contribution < -0.4 is 5.73 Å². The van der Waals surface area contributed by atoms with Crippen molar-refractivity contribution in [2.24, 2.45) is 5.92 Å². The second-order valence-electron chi connectivity index (χ2n) is 5.65. The highest BCUT2D eigenvalue weighted by atomic mass is 16.5. The van der Waals surface area contributed by atoms with E-state index < -0.39 is 0 Å². The standard InChI is InChI=1S/C16H21N3O/c17-16-15(13-8-10-18-11-9-13)14(19-20-16)7-6-12-4-2-1-3-5-12/h8-12H,1-7,17H2. The number of nitrogens with two attached hydrogens (primary N) is 1. The van der Waals surface area contributed by atoms with Crippen LogP contribution in [0.3, 0.4) is 0 Å². The second kappa shape index (κ2) is 6.07. The monoisotopic (exact) mass is 271 g/mol. The molecule has 0 radical (unpaired) electrons. The average molecular weight is 271 g/mol. The largest absolute Gasteiger partial charge is 0.367 e. The van der Waals surface area contributed by atoms with E-state index in [4.69, 9.17) is 10.3 Å². The normalized spacial score (nSPS) is 16.4. The molecule has 2 heterocycles. The molecule has 4 nitrogen and oxygen atoms in total. The van der Waals surface area contributed by atoms with E-state index in [1.165, 1.54) is 38.5 Å². The molecule has 0 aliphatic heterocycles. The van der Waals surface area contributed by atoms with Gasteiger partial charge in [0.1, 0.15) is 0 Å². The average Bonchev–Trinajstić information content (AvgIpc) is 2.88. The van der Waals surface area contributed by atoms with Crippen molar-refractivity contribution < 1.29 is 4.52 Å². The van der Waals surface area contributed by atoms with E-state index in [9.17, 15) is 0 Å². The summed E-state index contributed by atoms with van der Waals surface area (Å²) in [7, 11) is 0. The van der Waals surface area contributed by atoms with Gasteiger partial charge in [-0.3, -0.25) is 4.98 Å². The fraction of sp³-hybridized carbons (Fsp3) is 0.500. The molecular formula is C16H21N3O. The van der Waals surface area contributed by atoms with E-state index in [1.54, 1.807) is 12.4 Å². The Balaban J connectivity index is 1.74. The van der Waals surface area contributed by atoms with Crippen molar-refractivity contribution in [1.29, 1.82) is 0 Å². The molecule has 3 rings (SSSR count). The molecule has 2 aromatic rings. The molecule has 0 spiro atoms. The van der Waals surface area contributed by atoms with Crippen LogP contribution in [0.2, 0.25) is 0 Å². The van der Waals surface area contributed by atoms with Gasteiger partial charge in [0.15, 0.2) is 0 Å². The lowest BCUT2D eigenvalue weighted by Crippen LogP contribution is -2.07. The van der Waals surface area contributed by atoms with E-state index in [1.807, 2.05) is 12.1 Å². The summed E-state index contributed by atoms with van der Waals surface area (Å²) in [4.78, 5) is 4.04. The van der Waals surface area contributed by atoms with Gasteiger partial charge >= 0.3 is 0 Å². The maximum atomic E-state index is 5.93. The van der Waals surface area contributed by atoms with Crippen molar-refractivity contribution in [3.8, 4) is 11.1 Å². The van der Waals surface area contributed by atoms with E-state index in [0.29, 0.717) is 5.88 Å². The van der Waals surface area contributed by atoms with Gasteiger partial charge in [-0.25, -0.2) is 0 Å². The summed E-state index contributed by atoms with van der Waals surface area (Å²) in [5, 5.41) is 4.16. The van der Waals surface area contributed by atoms with Crippen molar-refractivity contribution in [2.45, 2.75) is 44.9 Å². The molecule has 0 amide bonds. The van der Waals surface area contributed by atoms with Crippen molar-refractivity contribution in [1.82, 2.24) is 10.1 Å². The molecule has 4 heteroatoms. The van der Waals surface area contributed by atoms with Gasteiger partial charge < -0.3 is 10.3 Å². The highest BCUT2D eigenvalue weighted by Gasteiger charge is 2.18. The lowest BCUT2D eigenvalue weighted by atomic mass is 9.85. The number of aryl methyl sites for hydroxylation is 1. The maximum absolute atomic E-state index is 5.93. The van der Waals surface area contributed by atoms with Crippen LogP contribution in [0.1, 0.15) is 44.2 Å². The smallest absolute Gasteiger partial charge is 0.230 e. The van der Waals surface area contributed by atoms with Gasteiger partial charge in [-0.1, -0.05) is 37.3 Å². The first-order valence-electron chi connectivity index (χ1n) is 7.49. The molecule has 2 aromatic heterocycles. The number of aromatic nitrogens is 2. The van der Waals surface area contributed by atoms with Crippen LogP contribution in [0, 0.1) is 5.92 Å². The van der Waals surface area contributed by atoms with E-state index in [0.717, 1.165) is 29.2 Å². The first-order valence-corrected chi connectivity index (χ1v) is 7.49. The molecule has 1 saturated carbocycles. The second-order valence-corrected chi connectivity index (χ2v) is 5.65. The Kier molecular flexibility index (Phi) is 4.00. The van der Waals surface area contributed by atoms with Gasteiger partial charge in [0, 0.05) is 12.4 Å². The Morgan fingerprint density at radius 1 is 1.15 bits per heavy atom. The number of hydrogen-bond donors (Lipinski definition) is 1. The third kappa shape index (κ3) is 2.84. The minimum absolute atomic E-state index is 0.412. The molecule has 0 aromatic carbocycles. The molecular weight excluding hydrogens is 250 g/mol. The lowest BCUT2D eigenvalue weighted by Gasteiger charge is -2.20. The minimum atomic E-state index is 0.412. The number of nitrogens with zero attached hydrogens (tertiary/aromatic N) is 2. The van der Waals surface area contributed by atoms with Gasteiger partial charge in [0.05, 0.1) is 11.3 Å². The lowest BCUT2D eigenvalue weighted by molar-refractivity contribution is 0.335. The predicted molar refractivity (Wildman–Crippen MR) is 79.0 cm³/mol. The predicted octanol–water partition coefficient (Wildman–Crippen LogP) is 3.83. The summed E-state index contributed by atoms with van der Waals surface area (Å²) in [5.74, 6) is 1.25. The quantitative estimate of drug-likeness (QED) is 0.917. The Morgan fingerprint density at radius 3 is 2.65 bits per heavy atom. The molecule has 1 aliphatic rings. The summed E-state index contributed by atoms with van der Waals surface area (Å²) in [6.45, 7) is 0. The van der Waals surface area contributed by atoms with Crippen LogP contribution in [0.25, 0.3) is 11.1 Å². The summed E-state index contributed by atoms with van der Waals surface area (Å²) >= 11 is 0. The van der Waals surface area contributed by atoms with Gasteiger partial charge in [-0.2, -0.15) is 0 Å². The zero-order valence-electron chi connectivity index (χ0n) is 11.7. The molecule has 0 bridgehead atoms. The zero-order valence-corrected chi connectivity index (χ0v) is 11.7. The topological polar surface area (TPSA) is 64.9 Å². The highest BCUT2D eigenvalue weighted by molar-refractivity contribution is 5.74.